The van der Waals surface area contributed by atoms with Crippen molar-refractivity contribution in [3.8, 4) is 0 Å². The lowest BCUT2D eigenvalue weighted by atomic mass is 10.0. The van der Waals surface area contributed by atoms with Crippen molar-refractivity contribution in [1.82, 2.24) is 0 Å². The minimum atomic E-state index is 0.603. The van der Waals surface area contributed by atoms with E-state index in [2.05, 4.69) is 54.9 Å². The van der Waals surface area contributed by atoms with Gasteiger partial charge in [-0.15, -0.1) is 0 Å². The van der Waals surface area contributed by atoms with E-state index in [-0.39, 0.29) is 0 Å². The third-order valence-electron chi connectivity index (χ3n) is 2.09. The molecule has 0 fully saturated rings. The van der Waals surface area contributed by atoms with Crippen LogP contribution in [0.15, 0.2) is 22.7 Å². The van der Waals surface area contributed by atoms with Gasteiger partial charge in [-0.1, -0.05) is 48.8 Å². The molecular weight excluding hydrogens is 212 g/mol. The van der Waals surface area contributed by atoms with Crippen LogP contribution in [-0.4, -0.2) is 0 Å². The predicted molar refractivity (Wildman–Crippen MR) is 57.6 cm³/mol. The van der Waals surface area contributed by atoms with Gasteiger partial charge in [-0.05, 0) is 29.5 Å². The van der Waals surface area contributed by atoms with E-state index in [1.54, 1.807) is 0 Å². The summed E-state index contributed by atoms with van der Waals surface area (Å²) in [5.41, 5.74) is 2.83. The van der Waals surface area contributed by atoms with E-state index >= 15 is 0 Å². The van der Waals surface area contributed by atoms with Crippen LogP contribution in [0.4, 0.5) is 0 Å². The SMILES string of the molecule is CCc1ccc(Br)c(C(C)C)c1. The zero-order valence-corrected chi connectivity index (χ0v) is 9.48. The van der Waals surface area contributed by atoms with E-state index in [0.29, 0.717) is 5.92 Å². The first-order valence-corrected chi connectivity index (χ1v) is 5.22. The molecule has 66 valence electrons. The summed E-state index contributed by atoms with van der Waals surface area (Å²) < 4.78 is 1.23. The molecular formula is C11H15Br. The average Bonchev–Trinajstić information content (AvgIpc) is 2.05. The molecule has 1 aromatic carbocycles. The first-order valence-electron chi connectivity index (χ1n) is 4.43. The Morgan fingerprint density at radius 1 is 1.33 bits per heavy atom. The lowest BCUT2D eigenvalue weighted by Crippen LogP contribution is -1.91. The number of benzene rings is 1. The van der Waals surface area contributed by atoms with E-state index in [1.165, 1.54) is 15.6 Å². The van der Waals surface area contributed by atoms with Crippen molar-refractivity contribution < 1.29 is 0 Å². The highest BCUT2D eigenvalue weighted by molar-refractivity contribution is 9.10. The summed E-state index contributed by atoms with van der Waals surface area (Å²) in [6, 6.07) is 6.61. The van der Waals surface area contributed by atoms with Gasteiger partial charge in [-0.2, -0.15) is 0 Å². The molecule has 0 atom stereocenters. The third kappa shape index (κ3) is 2.10. The van der Waals surface area contributed by atoms with Crippen LogP contribution in [0.5, 0.6) is 0 Å². The van der Waals surface area contributed by atoms with Crippen molar-refractivity contribution in [1.29, 1.82) is 0 Å². The fourth-order valence-corrected chi connectivity index (χ4v) is 1.96. The van der Waals surface area contributed by atoms with E-state index in [1.807, 2.05) is 0 Å². The largest absolute Gasteiger partial charge is 0.0613 e. The zero-order valence-electron chi connectivity index (χ0n) is 7.89. The molecule has 0 N–H and O–H groups in total. The normalized spacial score (nSPS) is 10.8. The zero-order chi connectivity index (χ0) is 9.14. The van der Waals surface area contributed by atoms with Crippen molar-refractivity contribution in [2.45, 2.75) is 33.1 Å². The molecule has 1 heteroatoms. The summed E-state index contributed by atoms with van der Waals surface area (Å²) >= 11 is 3.56. The van der Waals surface area contributed by atoms with Crippen LogP contribution in [0.3, 0.4) is 0 Å². The highest BCUT2D eigenvalue weighted by Gasteiger charge is 2.04. The minimum absolute atomic E-state index is 0.603. The van der Waals surface area contributed by atoms with Crippen LogP contribution in [0.1, 0.15) is 37.8 Å². The Bertz CT molecular complexity index is 264. The van der Waals surface area contributed by atoms with E-state index in [9.17, 15) is 0 Å². The quantitative estimate of drug-likeness (QED) is 0.712. The van der Waals surface area contributed by atoms with Crippen LogP contribution < -0.4 is 0 Å². The van der Waals surface area contributed by atoms with Gasteiger partial charge in [0, 0.05) is 4.47 Å². The molecule has 0 aliphatic rings. The van der Waals surface area contributed by atoms with Crippen LogP contribution in [-0.2, 0) is 6.42 Å². The molecule has 1 aromatic rings. The van der Waals surface area contributed by atoms with Gasteiger partial charge in [-0.3, -0.25) is 0 Å². The van der Waals surface area contributed by atoms with Crippen LogP contribution in [0.2, 0.25) is 0 Å². The second kappa shape index (κ2) is 4.08. The van der Waals surface area contributed by atoms with Gasteiger partial charge in [0.15, 0.2) is 0 Å². The van der Waals surface area contributed by atoms with Crippen LogP contribution in [0, 0.1) is 0 Å². The molecule has 0 aromatic heterocycles. The molecule has 0 spiro atoms. The monoisotopic (exact) mass is 226 g/mol. The van der Waals surface area contributed by atoms with Crippen molar-refractivity contribution >= 4 is 15.9 Å². The maximum Gasteiger partial charge on any atom is 0.0210 e. The fourth-order valence-electron chi connectivity index (χ4n) is 1.26. The van der Waals surface area contributed by atoms with Crippen LogP contribution in [0.25, 0.3) is 0 Å². The Labute approximate surface area is 83.1 Å². The maximum absolute atomic E-state index is 3.56. The van der Waals surface area contributed by atoms with Gasteiger partial charge in [-0.25, -0.2) is 0 Å². The van der Waals surface area contributed by atoms with Gasteiger partial charge in [0.25, 0.3) is 0 Å². The first-order chi connectivity index (χ1) is 5.65. The Morgan fingerprint density at radius 2 is 2.00 bits per heavy atom. The first kappa shape index (κ1) is 9.79. The number of halogens is 1. The highest BCUT2D eigenvalue weighted by Crippen LogP contribution is 2.25. The Hall–Kier alpha value is -0.300. The van der Waals surface area contributed by atoms with Gasteiger partial charge in [0.2, 0.25) is 0 Å². The summed E-state index contributed by atoms with van der Waals surface area (Å²) in [6.45, 7) is 6.63. The molecule has 0 amide bonds. The fraction of sp³-hybridized carbons (Fsp3) is 0.455. The maximum atomic E-state index is 3.56. The number of hydrogen-bond donors (Lipinski definition) is 0. The second-order valence-corrected chi connectivity index (χ2v) is 4.22. The third-order valence-corrected chi connectivity index (χ3v) is 2.81. The summed E-state index contributed by atoms with van der Waals surface area (Å²) in [5.74, 6) is 0.603. The topological polar surface area (TPSA) is 0 Å². The van der Waals surface area contributed by atoms with Gasteiger partial charge < -0.3 is 0 Å². The molecule has 0 unspecified atom stereocenters. The van der Waals surface area contributed by atoms with Crippen molar-refractivity contribution in [2.24, 2.45) is 0 Å². The number of aryl methyl sites for hydroxylation is 1. The van der Waals surface area contributed by atoms with Crippen molar-refractivity contribution in [3.05, 3.63) is 33.8 Å². The molecule has 0 saturated carbocycles. The minimum Gasteiger partial charge on any atom is -0.0613 e. The molecule has 1 rings (SSSR count). The molecule has 0 radical (unpaired) electrons. The molecule has 0 saturated heterocycles. The molecule has 12 heavy (non-hydrogen) atoms. The van der Waals surface area contributed by atoms with Gasteiger partial charge >= 0.3 is 0 Å². The molecule has 0 bridgehead atoms. The molecule has 0 aliphatic heterocycles. The van der Waals surface area contributed by atoms with Crippen LogP contribution >= 0.6 is 15.9 Å². The average molecular weight is 227 g/mol. The molecule has 0 nitrogen and oxygen atoms in total. The van der Waals surface area contributed by atoms with Crippen molar-refractivity contribution in [3.63, 3.8) is 0 Å². The predicted octanol–water partition coefficient (Wildman–Crippen LogP) is 4.13. The number of hydrogen-bond acceptors (Lipinski definition) is 0. The van der Waals surface area contributed by atoms with E-state index in [4.69, 9.17) is 0 Å². The highest BCUT2D eigenvalue weighted by atomic mass is 79.9. The Kier molecular flexibility index (Phi) is 3.33. The second-order valence-electron chi connectivity index (χ2n) is 3.36. The van der Waals surface area contributed by atoms with E-state index in [0.717, 1.165) is 6.42 Å². The van der Waals surface area contributed by atoms with Crippen molar-refractivity contribution in [2.75, 3.05) is 0 Å². The van der Waals surface area contributed by atoms with E-state index < -0.39 is 0 Å². The summed E-state index contributed by atoms with van der Waals surface area (Å²) in [6.07, 6.45) is 1.12. The molecule has 0 heterocycles. The number of rotatable bonds is 2. The standard InChI is InChI=1S/C11H15Br/c1-4-9-5-6-11(12)10(7-9)8(2)3/h5-8H,4H2,1-3H3. The summed E-state index contributed by atoms with van der Waals surface area (Å²) in [4.78, 5) is 0. The smallest absolute Gasteiger partial charge is 0.0210 e. The summed E-state index contributed by atoms with van der Waals surface area (Å²) in [5, 5.41) is 0. The lowest BCUT2D eigenvalue weighted by Gasteiger charge is -2.09. The Balaban J connectivity index is 3.08. The van der Waals surface area contributed by atoms with Gasteiger partial charge in [0.1, 0.15) is 0 Å². The molecule has 0 aliphatic carbocycles. The summed E-state index contributed by atoms with van der Waals surface area (Å²) in [7, 11) is 0. The Morgan fingerprint density at radius 3 is 2.50 bits per heavy atom. The van der Waals surface area contributed by atoms with Gasteiger partial charge in [0.05, 0.1) is 0 Å². The lowest BCUT2D eigenvalue weighted by molar-refractivity contribution is 0.856.